The quantitative estimate of drug-likeness (QED) is 0.0706. The summed E-state index contributed by atoms with van der Waals surface area (Å²) in [5, 5.41) is 18.5. The van der Waals surface area contributed by atoms with Gasteiger partial charge in [-0.3, -0.25) is 10.1 Å². The number of rotatable bonds is 9. The largest absolute Gasteiger partial charge is 0.436 e. The van der Waals surface area contributed by atoms with Gasteiger partial charge in [-0.15, -0.1) is 0 Å². The summed E-state index contributed by atoms with van der Waals surface area (Å²) >= 11 is 0. The molecule has 3 fully saturated rings. The highest BCUT2D eigenvalue weighted by atomic mass is 16.6. The third-order valence-electron chi connectivity index (χ3n) is 14.6. The number of nitrogen functional groups attached to an aromatic ring is 1. The highest BCUT2D eigenvalue weighted by Gasteiger charge is 2.23. The van der Waals surface area contributed by atoms with Gasteiger partial charge in [0, 0.05) is 40.9 Å². The lowest BCUT2D eigenvalue weighted by atomic mass is 9.95. The number of hydrogen-bond donors (Lipinski definition) is 3. The number of imidazole rings is 1. The number of anilines is 3. The molecule has 4 heterocycles. The minimum absolute atomic E-state index is 0.0605. The zero-order valence-electron chi connectivity index (χ0n) is 41.3. The molecular formula is C59H61N9O5. The van der Waals surface area contributed by atoms with Gasteiger partial charge in [0.05, 0.1) is 27.3 Å². The first-order chi connectivity index (χ1) is 35.8. The summed E-state index contributed by atoms with van der Waals surface area (Å²) in [7, 11) is 0. The Balaban J connectivity index is 0.000000118. The number of nitrogens with one attached hydrogen (secondary N) is 2. The number of aromatic nitrogens is 5. The van der Waals surface area contributed by atoms with Crippen LogP contribution in [0.25, 0.3) is 78.7 Å². The lowest BCUT2D eigenvalue weighted by Crippen LogP contribution is -2.22. The van der Waals surface area contributed by atoms with E-state index in [4.69, 9.17) is 24.0 Å². The summed E-state index contributed by atoms with van der Waals surface area (Å²) < 4.78 is 19.9. The monoisotopic (exact) mass is 975 g/mol. The molecule has 0 atom stereocenters. The maximum absolute atomic E-state index is 11.5. The average molecular weight is 976 g/mol. The van der Waals surface area contributed by atoms with Crippen molar-refractivity contribution in [1.29, 1.82) is 0 Å². The molecule has 14 nitrogen and oxygen atoms in total. The van der Waals surface area contributed by atoms with Crippen molar-refractivity contribution in [2.45, 2.75) is 121 Å². The summed E-state index contributed by atoms with van der Waals surface area (Å²) in [6, 6.07) is 42.0. The second-order valence-corrected chi connectivity index (χ2v) is 19.7. The van der Waals surface area contributed by atoms with E-state index in [9.17, 15) is 10.1 Å². The van der Waals surface area contributed by atoms with Crippen LogP contribution in [0.5, 0.6) is 0 Å². The van der Waals surface area contributed by atoms with E-state index < -0.39 is 0 Å². The number of hydrogen-bond acceptors (Lipinski definition) is 12. The van der Waals surface area contributed by atoms with Crippen molar-refractivity contribution >= 4 is 67.1 Å². The molecule has 0 amide bonds. The van der Waals surface area contributed by atoms with Crippen LogP contribution in [0.1, 0.15) is 108 Å². The molecule has 14 heteroatoms. The van der Waals surface area contributed by atoms with Crippen molar-refractivity contribution in [3.05, 3.63) is 143 Å². The predicted octanol–water partition coefficient (Wildman–Crippen LogP) is 15.6. The first-order valence-corrected chi connectivity index (χ1v) is 26.1. The van der Waals surface area contributed by atoms with Gasteiger partial charge in [0.2, 0.25) is 17.7 Å². The molecule has 3 saturated carbocycles. The Bertz CT molecular complexity index is 3420. The second-order valence-electron chi connectivity index (χ2n) is 19.7. The van der Waals surface area contributed by atoms with Crippen molar-refractivity contribution in [2.75, 3.05) is 16.4 Å². The Morgan fingerprint density at radius 1 is 0.521 bits per heavy atom. The molecule has 3 aliphatic rings. The molecule has 0 saturated heterocycles. The van der Waals surface area contributed by atoms with Crippen LogP contribution >= 0.6 is 0 Å². The van der Waals surface area contributed by atoms with Gasteiger partial charge in [-0.1, -0.05) is 94.2 Å². The fraction of sp³-hybridized carbons (Fsp3) is 0.322. The minimum atomic E-state index is -0.350. The van der Waals surface area contributed by atoms with E-state index in [2.05, 4.69) is 55.3 Å². The standard InChI is InChI=1S/C21H21N3O.C19H19N3O3.C19H21N3O/c1-14-22-18-13-15(21-23-17-9-5-6-10-20(17)25-21)11-12-19(18)24(14)16-7-3-2-4-8-16;23-22(24)17-12-13(19-21-16-8-4-5-9-18(16)25-19)10-11-15(17)20-14-6-2-1-3-7-14;20-15-12-13(19-22-17-8-4-5-9-18(17)23-19)10-11-16(15)21-14-6-2-1-3-7-14/h5-6,9-13,16H,2-4,7-8H2,1H3;4-5,8-12,14,20H,1-3,6-7H2;4-5,8-12,14,21H,1-3,6-7,20H2. The van der Waals surface area contributed by atoms with Crippen LogP contribution in [0.4, 0.5) is 22.7 Å². The van der Waals surface area contributed by atoms with Gasteiger partial charge in [0.15, 0.2) is 16.7 Å². The summed E-state index contributed by atoms with van der Waals surface area (Å²) in [6.07, 6.45) is 18.7. The molecule has 0 unspecified atom stereocenters. The van der Waals surface area contributed by atoms with E-state index in [0.717, 1.165) is 74.4 Å². The van der Waals surface area contributed by atoms with E-state index in [1.807, 2.05) is 97.1 Å². The van der Waals surface area contributed by atoms with Gasteiger partial charge in [0.25, 0.3) is 5.69 Å². The summed E-state index contributed by atoms with van der Waals surface area (Å²) in [5.41, 5.74) is 18.2. The smallest absolute Gasteiger partial charge is 0.293 e. The summed E-state index contributed by atoms with van der Waals surface area (Å²) in [4.78, 5) is 29.6. The van der Waals surface area contributed by atoms with Crippen molar-refractivity contribution in [1.82, 2.24) is 24.5 Å². The molecule has 13 rings (SSSR count). The Labute approximate surface area is 423 Å². The topological polar surface area (TPSA) is 189 Å². The van der Waals surface area contributed by atoms with E-state index in [1.54, 1.807) is 6.07 Å². The number of fused-ring (bicyclic) bond motifs is 4. The van der Waals surface area contributed by atoms with Gasteiger partial charge < -0.3 is 34.2 Å². The van der Waals surface area contributed by atoms with Gasteiger partial charge in [0.1, 0.15) is 28.1 Å². The van der Waals surface area contributed by atoms with E-state index in [0.29, 0.717) is 52.6 Å². The summed E-state index contributed by atoms with van der Waals surface area (Å²) in [5.74, 6) is 2.78. The van der Waals surface area contributed by atoms with Crippen LogP contribution in [-0.4, -0.2) is 41.5 Å². The van der Waals surface area contributed by atoms with Gasteiger partial charge >= 0.3 is 0 Å². The number of oxazole rings is 3. The van der Waals surface area contributed by atoms with Crippen LogP contribution < -0.4 is 16.4 Å². The SMILES string of the molecule is Cc1nc2cc(-c3nc4ccccc4o3)ccc2n1C1CCCCC1.Nc1cc(-c2nc3ccccc3o2)ccc1NC1CCCCC1.O=[N+]([O-])c1cc(-c2nc3ccccc3o2)ccc1NC1CCCCC1. The molecule has 4 N–H and O–H groups in total. The first-order valence-electron chi connectivity index (χ1n) is 26.1. The zero-order valence-corrected chi connectivity index (χ0v) is 41.3. The molecule has 10 aromatic rings. The number of benzene rings is 6. The van der Waals surface area contributed by atoms with Crippen molar-refractivity contribution < 1.29 is 18.2 Å². The molecule has 0 radical (unpaired) electrons. The maximum atomic E-state index is 11.5. The predicted molar refractivity (Wildman–Crippen MR) is 291 cm³/mol. The first kappa shape index (κ1) is 47.3. The van der Waals surface area contributed by atoms with Crippen molar-refractivity contribution in [3.63, 3.8) is 0 Å². The Kier molecular flexibility index (Phi) is 13.9. The zero-order chi connectivity index (χ0) is 49.7. The second kappa shape index (κ2) is 21.4. The highest BCUT2D eigenvalue weighted by Crippen LogP contribution is 2.37. The molecule has 0 aliphatic heterocycles. The molecule has 3 aliphatic carbocycles. The van der Waals surface area contributed by atoms with Crippen molar-refractivity contribution in [2.24, 2.45) is 0 Å². The Morgan fingerprint density at radius 3 is 1.45 bits per heavy atom. The van der Waals surface area contributed by atoms with Crippen LogP contribution in [0.3, 0.4) is 0 Å². The van der Waals surface area contributed by atoms with Gasteiger partial charge in [-0.05, 0) is 130 Å². The molecule has 372 valence electrons. The molecule has 6 aromatic carbocycles. The molecule has 73 heavy (non-hydrogen) atoms. The average Bonchev–Trinajstić information content (AvgIpc) is 4.24. The van der Waals surface area contributed by atoms with Crippen LogP contribution in [0.2, 0.25) is 0 Å². The Morgan fingerprint density at radius 2 is 0.959 bits per heavy atom. The number of aryl methyl sites for hydroxylation is 1. The lowest BCUT2D eigenvalue weighted by molar-refractivity contribution is -0.383. The van der Waals surface area contributed by atoms with E-state index in [-0.39, 0.29) is 10.6 Å². The number of nitrogens with zero attached hydrogens (tertiary/aromatic N) is 6. The number of nitro benzene ring substituents is 1. The molecular weight excluding hydrogens is 915 g/mol. The van der Waals surface area contributed by atoms with E-state index in [1.165, 1.54) is 95.1 Å². The van der Waals surface area contributed by atoms with Crippen molar-refractivity contribution in [3.8, 4) is 34.4 Å². The number of para-hydroxylation sites is 6. The van der Waals surface area contributed by atoms with Gasteiger partial charge in [-0.25, -0.2) is 19.9 Å². The Hall–Kier alpha value is -8.00. The number of nitrogens with two attached hydrogens (primary N) is 1. The lowest BCUT2D eigenvalue weighted by Gasteiger charge is -2.25. The fourth-order valence-electron chi connectivity index (χ4n) is 10.8. The molecule has 0 spiro atoms. The van der Waals surface area contributed by atoms with Crippen LogP contribution in [0, 0.1) is 17.0 Å². The maximum Gasteiger partial charge on any atom is 0.293 e. The molecule has 4 aromatic heterocycles. The fourth-order valence-corrected chi connectivity index (χ4v) is 10.8. The molecule has 0 bridgehead atoms. The normalized spacial score (nSPS) is 15.7. The summed E-state index contributed by atoms with van der Waals surface area (Å²) in [6.45, 7) is 2.12. The number of nitro groups is 1. The minimum Gasteiger partial charge on any atom is -0.436 e. The van der Waals surface area contributed by atoms with Crippen LogP contribution in [0.15, 0.2) is 141 Å². The third kappa shape index (κ3) is 10.6. The van der Waals surface area contributed by atoms with Gasteiger partial charge in [-0.2, -0.15) is 0 Å². The van der Waals surface area contributed by atoms with Crippen LogP contribution in [-0.2, 0) is 0 Å². The highest BCUT2D eigenvalue weighted by molar-refractivity contribution is 5.84. The van der Waals surface area contributed by atoms with E-state index >= 15 is 0 Å². The third-order valence-corrected chi connectivity index (χ3v) is 14.6.